The molecule has 1 fully saturated rings. The van der Waals surface area contributed by atoms with E-state index in [1.54, 1.807) is 14.2 Å². The number of thioether (sulfide) groups is 1. The van der Waals surface area contributed by atoms with E-state index in [0.717, 1.165) is 36.9 Å². The molecule has 158 valence electrons. The van der Waals surface area contributed by atoms with E-state index in [0.29, 0.717) is 6.54 Å². The zero-order valence-electron chi connectivity index (χ0n) is 17.4. The fraction of sp³-hybridized carbons (Fsp3) is 0.409. The van der Waals surface area contributed by atoms with Crippen molar-refractivity contribution in [2.75, 3.05) is 43.7 Å². The minimum Gasteiger partial charge on any atom is -0.496 e. The Bertz CT molecular complexity index is 792. The Morgan fingerprint density at radius 1 is 1.07 bits per heavy atom. The molecule has 2 aromatic rings. The maximum atomic E-state index is 5.48. The third-order valence-corrected chi connectivity index (χ3v) is 5.83. The summed E-state index contributed by atoms with van der Waals surface area (Å²) in [5, 5.41) is 6.75. The van der Waals surface area contributed by atoms with Gasteiger partial charge in [0.05, 0.1) is 7.11 Å². The van der Waals surface area contributed by atoms with Crippen LogP contribution < -0.4 is 20.3 Å². The molecule has 3 rings (SSSR count). The Kier molecular flexibility index (Phi) is 9.93. The number of benzene rings is 2. The molecule has 0 spiro atoms. The fourth-order valence-corrected chi connectivity index (χ4v) is 4.13. The van der Waals surface area contributed by atoms with Gasteiger partial charge in [0, 0.05) is 56.0 Å². The summed E-state index contributed by atoms with van der Waals surface area (Å²) in [5.41, 5.74) is 4.86. The fourth-order valence-electron chi connectivity index (χ4n) is 3.23. The van der Waals surface area contributed by atoms with Crippen LogP contribution in [0.3, 0.4) is 0 Å². The maximum Gasteiger partial charge on any atom is 0.191 e. The van der Waals surface area contributed by atoms with E-state index in [2.05, 4.69) is 69.9 Å². The first-order chi connectivity index (χ1) is 13.7. The van der Waals surface area contributed by atoms with Gasteiger partial charge >= 0.3 is 0 Å². The van der Waals surface area contributed by atoms with Gasteiger partial charge in [0.25, 0.3) is 0 Å². The molecule has 0 bridgehead atoms. The number of nitrogens with one attached hydrogen (secondary N) is 2. The lowest BCUT2D eigenvalue weighted by atomic mass is 10.1. The number of guanidine groups is 1. The third kappa shape index (κ3) is 6.99. The van der Waals surface area contributed by atoms with Gasteiger partial charge in [-0.2, -0.15) is 11.8 Å². The second-order valence-corrected chi connectivity index (χ2v) is 8.09. The van der Waals surface area contributed by atoms with E-state index in [9.17, 15) is 0 Å². The molecule has 1 heterocycles. The van der Waals surface area contributed by atoms with Gasteiger partial charge in [-0.3, -0.25) is 4.99 Å². The summed E-state index contributed by atoms with van der Waals surface area (Å²) < 4.78 is 5.48. The average Bonchev–Trinajstić information content (AvgIpc) is 2.75. The lowest BCUT2D eigenvalue weighted by Crippen LogP contribution is -2.36. The molecule has 0 atom stereocenters. The standard InChI is InChI=1S/C22H30N4OS.HI/c1-17-4-7-19(21(14-17)27-3)16-25-22(23-2)24-15-18-5-8-20(9-6-18)26-10-12-28-13-11-26;/h4-9,14H,10-13,15-16H2,1-3H3,(H2,23,24,25);1H. The smallest absolute Gasteiger partial charge is 0.191 e. The van der Waals surface area contributed by atoms with Crippen LogP contribution in [-0.4, -0.2) is 44.7 Å². The predicted molar refractivity (Wildman–Crippen MR) is 136 cm³/mol. The van der Waals surface area contributed by atoms with Crippen molar-refractivity contribution < 1.29 is 4.74 Å². The summed E-state index contributed by atoms with van der Waals surface area (Å²) >= 11 is 2.04. The Labute approximate surface area is 195 Å². The number of methoxy groups -OCH3 is 1. The zero-order valence-corrected chi connectivity index (χ0v) is 20.6. The van der Waals surface area contributed by atoms with Crippen LogP contribution in [0, 0.1) is 6.92 Å². The van der Waals surface area contributed by atoms with Crippen LogP contribution in [0.1, 0.15) is 16.7 Å². The molecule has 0 unspecified atom stereocenters. The first kappa shape index (κ1) is 23.7. The zero-order chi connectivity index (χ0) is 19.8. The molecule has 7 heteroatoms. The SMILES string of the molecule is CN=C(NCc1ccc(N2CCSCC2)cc1)NCc1ccc(C)cc1OC.I. The number of aliphatic imine (C=N–C) groups is 1. The average molecular weight is 526 g/mol. The number of halogens is 1. The molecule has 1 aliphatic heterocycles. The highest BCUT2D eigenvalue weighted by Gasteiger charge is 2.11. The minimum absolute atomic E-state index is 0. The molecule has 1 saturated heterocycles. The molecular weight excluding hydrogens is 495 g/mol. The van der Waals surface area contributed by atoms with Crippen molar-refractivity contribution in [1.29, 1.82) is 0 Å². The van der Waals surface area contributed by atoms with Crippen LogP contribution >= 0.6 is 35.7 Å². The van der Waals surface area contributed by atoms with Crippen LogP contribution in [-0.2, 0) is 13.1 Å². The number of rotatable bonds is 6. The van der Waals surface area contributed by atoms with E-state index in [4.69, 9.17) is 4.74 Å². The first-order valence-corrected chi connectivity index (χ1v) is 10.8. The monoisotopic (exact) mass is 526 g/mol. The summed E-state index contributed by atoms with van der Waals surface area (Å²) in [6.45, 7) is 5.74. The van der Waals surface area contributed by atoms with Crippen LogP contribution in [0.2, 0.25) is 0 Å². The van der Waals surface area contributed by atoms with Crippen LogP contribution in [0.4, 0.5) is 5.69 Å². The van der Waals surface area contributed by atoms with Gasteiger partial charge in [-0.05, 0) is 36.2 Å². The lowest BCUT2D eigenvalue weighted by molar-refractivity contribution is 0.408. The Hall–Kier alpha value is -1.61. The summed E-state index contributed by atoms with van der Waals surface area (Å²) in [6.07, 6.45) is 0. The second-order valence-electron chi connectivity index (χ2n) is 6.86. The molecule has 2 N–H and O–H groups in total. The van der Waals surface area contributed by atoms with E-state index in [1.807, 2.05) is 11.8 Å². The van der Waals surface area contributed by atoms with Gasteiger partial charge in [0.1, 0.15) is 5.75 Å². The van der Waals surface area contributed by atoms with Crippen molar-refractivity contribution in [3.8, 4) is 5.75 Å². The van der Waals surface area contributed by atoms with Gasteiger partial charge in [0.15, 0.2) is 5.96 Å². The molecule has 29 heavy (non-hydrogen) atoms. The van der Waals surface area contributed by atoms with Crippen molar-refractivity contribution in [2.24, 2.45) is 4.99 Å². The highest BCUT2D eigenvalue weighted by atomic mass is 127. The lowest BCUT2D eigenvalue weighted by Gasteiger charge is -2.28. The molecule has 0 amide bonds. The Morgan fingerprint density at radius 2 is 1.76 bits per heavy atom. The van der Waals surface area contributed by atoms with Crippen molar-refractivity contribution in [3.05, 3.63) is 59.2 Å². The molecule has 1 aliphatic rings. The van der Waals surface area contributed by atoms with Crippen LogP contribution in [0.5, 0.6) is 5.75 Å². The van der Waals surface area contributed by atoms with Gasteiger partial charge in [-0.25, -0.2) is 0 Å². The summed E-state index contributed by atoms with van der Waals surface area (Å²) in [4.78, 5) is 6.79. The topological polar surface area (TPSA) is 48.9 Å². The van der Waals surface area contributed by atoms with Gasteiger partial charge in [0.2, 0.25) is 0 Å². The second kappa shape index (κ2) is 12.2. The molecule has 2 aromatic carbocycles. The Morgan fingerprint density at radius 3 is 2.41 bits per heavy atom. The Balaban J connectivity index is 0.00000300. The van der Waals surface area contributed by atoms with Crippen molar-refractivity contribution in [2.45, 2.75) is 20.0 Å². The number of anilines is 1. The highest BCUT2D eigenvalue weighted by Crippen LogP contribution is 2.20. The predicted octanol–water partition coefficient (Wildman–Crippen LogP) is 4.04. The van der Waals surface area contributed by atoms with Crippen LogP contribution in [0.25, 0.3) is 0 Å². The summed E-state index contributed by atoms with van der Waals surface area (Å²) in [5.74, 6) is 4.11. The molecule has 0 aliphatic carbocycles. The molecule has 0 radical (unpaired) electrons. The number of hydrogen-bond donors (Lipinski definition) is 2. The summed E-state index contributed by atoms with van der Waals surface area (Å²) in [7, 11) is 3.50. The van der Waals surface area contributed by atoms with E-state index < -0.39 is 0 Å². The molecular formula is C22H31IN4OS. The largest absolute Gasteiger partial charge is 0.496 e. The van der Waals surface area contributed by atoms with Crippen molar-refractivity contribution in [1.82, 2.24) is 10.6 Å². The molecule has 5 nitrogen and oxygen atoms in total. The summed E-state index contributed by atoms with van der Waals surface area (Å²) in [6, 6.07) is 15.1. The number of hydrogen-bond acceptors (Lipinski definition) is 4. The van der Waals surface area contributed by atoms with Crippen LogP contribution in [0.15, 0.2) is 47.5 Å². The number of aryl methyl sites for hydroxylation is 1. The normalized spacial score (nSPS) is 14.2. The van der Waals surface area contributed by atoms with E-state index >= 15 is 0 Å². The first-order valence-electron chi connectivity index (χ1n) is 9.69. The van der Waals surface area contributed by atoms with E-state index in [1.165, 1.54) is 28.3 Å². The molecule has 0 saturated carbocycles. The van der Waals surface area contributed by atoms with Gasteiger partial charge in [-0.15, -0.1) is 24.0 Å². The van der Waals surface area contributed by atoms with Crippen molar-refractivity contribution in [3.63, 3.8) is 0 Å². The highest BCUT2D eigenvalue weighted by molar-refractivity contribution is 14.0. The van der Waals surface area contributed by atoms with Crippen molar-refractivity contribution >= 4 is 47.4 Å². The number of nitrogens with zero attached hydrogens (tertiary/aromatic N) is 2. The van der Waals surface area contributed by atoms with E-state index in [-0.39, 0.29) is 24.0 Å². The van der Waals surface area contributed by atoms with Gasteiger partial charge in [-0.1, -0.05) is 24.3 Å². The van der Waals surface area contributed by atoms with Gasteiger partial charge < -0.3 is 20.3 Å². The number of ether oxygens (including phenoxy) is 1. The molecule has 0 aromatic heterocycles. The minimum atomic E-state index is 0. The quantitative estimate of drug-likeness (QED) is 0.338. The third-order valence-electron chi connectivity index (χ3n) is 4.88. The maximum absolute atomic E-state index is 5.48.